The lowest BCUT2D eigenvalue weighted by Gasteiger charge is -2.13. The molecule has 0 radical (unpaired) electrons. The molecule has 0 bridgehead atoms. The summed E-state index contributed by atoms with van der Waals surface area (Å²) in [7, 11) is 3.24. The van der Waals surface area contributed by atoms with Crippen molar-refractivity contribution < 1.29 is 9.47 Å². The fourth-order valence-corrected chi connectivity index (χ4v) is 2.11. The van der Waals surface area contributed by atoms with Gasteiger partial charge in [0.1, 0.15) is 0 Å². The van der Waals surface area contributed by atoms with Crippen molar-refractivity contribution >= 4 is 11.6 Å². The first kappa shape index (κ1) is 12.8. The van der Waals surface area contributed by atoms with Gasteiger partial charge in [0.2, 0.25) is 0 Å². The zero-order chi connectivity index (χ0) is 13.0. The third kappa shape index (κ3) is 2.59. The molecule has 1 atom stereocenters. The Labute approximate surface area is 112 Å². The van der Waals surface area contributed by atoms with E-state index in [9.17, 15) is 0 Å². The molecule has 18 heavy (non-hydrogen) atoms. The number of hydrogen-bond acceptors (Lipinski definition) is 2. The maximum atomic E-state index is 6.46. The second-order valence-electron chi connectivity index (χ2n) is 3.89. The van der Waals surface area contributed by atoms with E-state index in [0.29, 0.717) is 11.5 Å². The van der Waals surface area contributed by atoms with Gasteiger partial charge >= 0.3 is 0 Å². The van der Waals surface area contributed by atoms with E-state index in [1.54, 1.807) is 14.2 Å². The summed E-state index contributed by atoms with van der Waals surface area (Å²) in [6, 6.07) is 15.7. The van der Waals surface area contributed by atoms with E-state index in [-0.39, 0.29) is 5.38 Å². The third-order valence-electron chi connectivity index (χ3n) is 2.79. The normalized spacial score (nSPS) is 11.9. The van der Waals surface area contributed by atoms with E-state index in [4.69, 9.17) is 21.1 Å². The number of benzene rings is 2. The molecular formula is C15H15ClO2. The van der Waals surface area contributed by atoms with Crippen molar-refractivity contribution in [2.75, 3.05) is 14.2 Å². The minimum atomic E-state index is -0.189. The lowest BCUT2D eigenvalue weighted by molar-refractivity contribution is 0.354. The molecule has 0 N–H and O–H groups in total. The zero-order valence-electron chi connectivity index (χ0n) is 10.4. The Balaban J connectivity index is 2.34. The van der Waals surface area contributed by atoms with Gasteiger partial charge in [-0.3, -0.25) is 0 Å². The number of methoxy groups -OCH3 is 2. The molecule has 0 fully saturated rings. The molecule has 3 heteroatoms. The zero-order valence-corrected chi connectivity index (χ0v) is 11.1. The van der Waals surface area contributed by atoms with Gasteiger partial charge in [0.15, 0.2) is 11.5 Å². The topological polar surface area (TPSA) is 18.5 Å². The highest BCUT2D eigenvalue weighted by Crippen LogP contribution is 2.35. The second-order valence-corrected chi connectivity index (χ2v) is 4.32. The molecule has 94 valence electrons. The van der Waals surface area contributed by atoms with Gasteiger partial charge in [-0.15, -0.1) is 11.6 Å². The van der Waals surface area contributed by atoms with Crippen LogP contribution >= 0.6 is 11.6 Å². The summed E-state index contributed by atoms with van der Waals surface area (Å²) >= 11 is 6.46. The molecule has 0 spiro atoms. The van der Waals surface area contributed by atoms with Gasteiger partial charge in [-0.05, 0) is 23.3 Å². The van der Waals surface area contributed by atoms with E-state index in [1.165, 1.54) is 0 Å². The van der Waals surface area contributed by atoms with Crippen LogP contribution in [0.4, 0.5) is 0 Å². The average Bonchev–Trinajstić information content (AvgIpc) is 2.46. The maximum absolute atomic E-state index is 6.46. The standard InChI is InChI=1S/C15H15ClO2/c1-17-13-9-8-12(10-14(13)18-2)15(16)11-6-4-3-5-7-11/h3-10,15H,1-2H3. The van der Waals surface area contributed by atoms with E-state index in [2.05, 4.69) is 0 Å². The van der Waals surface area contributed by atoms with Gasteiger partial charge in [0.25, 0.3) is 0 Å². The van der Waals surface area contributed by atoms with Crippen LogP contribution in [0.1, 0.15) is 16.5 Å². The quantitative estimate of drug-likeness (QED) is 0.775. The van der Waals surface area contributed by atoms with E-state index >= 15 is 0 Å². The van der Waals surface area contributed by atoms with Crippen molar-refractivity contribution in [3.8, 4) is 11.5 Å². The fraction of sp³-hybridized carbons (Fsp3) is 0.200. The molecule has 2 rings (SSSR count). The van der Waals surface area contributed by atoms with Gasteiger partial charge in [-0.1, -0.05) is 36.4 Å². The minimum Gasteiger partial charge on any atom is -0.493 e. The van der Waals surface area contributed by atoms with Gasteiger partial charge in [-0.25, -0.2) is 0 Å². The molecule has 2 aromatic carbocycles. The Kier molecular flexibility index (Phi) is 4.11. The monoisotopic (exact) mass is 262 g/mol. The van der Waals surface area contributed by atoms with Crippen LogP contribution in [0.25, 0.3) is 0 Å². The summed E-state index contributed by atoms with van der Waals surface area (Å²) in [6.45, 7) is 0. The summed E-state index contributed by atoms with van der Waals surface area (Å²) in [4.78, 5) is 0. The van der Waals surface area contributed by atoms with E-state index in [0.717, 1.165) is 11.1 Å². The Morgan fingerprint density at radius 3 is 2.11 bits per heavy atom. The second kappa shape index (κ2) is 5.78. The lowest BCUT2D eigenvalue weighted by Crippen LogP contribution is -1.96. The van der Waals surface area contributed by atoms with Crippen LogP contribution in [0.5, 0.6) is 11.5 Å². The predicted octanol–water partition coefficient (Wildman–Crippen LogP) is 4.03. The predicted molar refractivity (Wildman–Crippen MR) is 73.7 cm³/mol. The van der Waals surface area contributed by atoms with E-state index < -0.39 is 0 Å². The Hall–Kier alpha value is -1.67. The van der Waals surface area contributed by atoms with Gasteiger partial charge in [-0.2, -0.15) is 0 Å². The number of alkyl halides is 1. The first-order chi connectivity index (χ1) is 8.76. The summed E-state index contributed by atoms with van der Waals surface area (Å²) in [6.07, 6.45) is 0. The lowest BCUT2D eigenvalue weighted by atomic mass is 10.0. The summed E-state index contributed by atoms with van der Waals surface area (Å²) in [5, 5.41) is -0.189. The molecular weight excluding hydrogens is 248 g/mol. The van der Waals surface area contributed by atoms with Crippen LogP contribution in [0.3, 0.4) is 0 Å². The number of rotatable bonds is 4. The Morgan fingerprint density at radius 2 is 1.50 bits per heavy atom. The van der Waals surface area contributed by atoms with Crippen LogP contribution in [0.15, 0.2) is 48.5 Å². The minimum absolute atomic E-state index is 0.189. The molecule has 0 amide bonds. The molecule has 0 aliphatic carbocycles. The van der Waals surface area contributed by atoms with Crippen molar-refractivity contribution in [3.05, 3.63) is 59.7 Å². The highest BCUT2D eigenvalue weighted by atomic mass is 35.5. The Bertz CT molecular complexity index is 511. The molecule has 0 saturated heterocycles. The molecule has 2 aromatic rings. The number of hydrogen-bond donors (Lipinski definition) is 0. The molecule has 2 nitrogen and oxygen atoms in total. The number of ether oxygens (including phenoxy) is 2. The van der Waals surface area contributed by atoms with Crippen molar-refractivity contribution in [3.63, 3.8) is 0 Å². The van der Waals surface area contributed by atoms with E-state index in [1.807, 2.05) is 48.5 Å². The smallest absolute Gasteiger partial charge is 0.161 e. The molecule has 0 saturated carbocycles. The highest BCUT2D eigenvalue weighted by molar-refractivity contribution is 6.22. The fourth-order valence-electron chi connectivity index (χ4n) is 1.82. The van der Waals surface area contributed by atoms with Crippen molar-refractivity contribution in [1.82, 2.24) is 0 Å². The molecule has 1 unspecified atom stereocenters. The van der Waals surface area contributed by atoms with Crippen LogP contribution in [0.2, 0.25) is 0 Å². The Morgan fingerprint density at radius 1 is 0.833 bits per heavy atom. The summed E-state index contributed by atoms with van der Waals surface area (Å²) in [5.41, 5.74) is 2.05. The van der Waals surface area contributed by atoms with Crippen molar-refractivity contribution in [2.24, 2.45) is 0 Å². The molecule has 0 aliphatic rings. The third-order valence-corrected chi connectivity index (χ3v) is 3.30. The van der Waals surface area contributed by atoms with Gasteiger partial charge in [0.05, 0.1) is 19.6 Å². The molecule has 0 heterocycles. The largest absolute Gasteiger partial charge is 0.493 e. The van der Waals surface area contributed by atoms with Gasteiger partial charge in [0, 0.05) is 0 Å². The maximum Gasteiger partial charge on any atom is 0.161 e. The van der Waals surface area contributed by atoms with Crippen molar-refractivity contribution in [1.29, 1.82) is 0 Å². The van der Waals surface area contributed by atoms with Gasteiger partial charge < -0.3 is 9.47 Å². The summed E-state index contributed by atoms with van der Waals surface area (Å²) < 4.78 is 10.5. The average molecular weight is 263 g/mol. The SMILES string of the molecule is COc1ccc(C(Cl)c2ccccc2)cc1OC. The first-order valence-corrected chi connectivity index (χ1v) is 6.11. The molecule has 0 aromatic heterocycles. The van der Waals surface area contributed by atoms with Crippen LogP contribution in [0, 0.1) is 0 Å². The summed E-state index contributed by atoms with van der Waals surface area (Å²) in [5.74, 6) is 1.40. The van der Waals surface area contributed by atoms with Crippen LogP contribution in [-0.4, -0.2) is 14.2 Å². The number of halogens is 1. The molecule has 0 aliphatic heterocycles. The van der Waals surface area contributed by atoms with Crippen LogP contribution < -0.4 is 9.47 Å². The first-order valence-electron chi connectivity index (χ1n) is 5.67. The van der Waals surface area contributed by atoms with Crippen molar-refractivity contribution in [2.45, 2.75) is 5.38 Å². The highest BCUT2D eigenvalue weighted by Gasteiger charge is 2.13. The van der Waals surface area contributed by atoms with Crippen LogP contribution in [-0.2, 0) is 0 Å².